The number of halogens is 6. The van der Waals surface area contributed by atoms with E-state index < -0.39 is 29.6 Å². The molecule has 3 rings (SSSR count). The van der Waals surface area contributed by atoms with Crippen molar-refractivity contribution in [2.75, 3.05) is 13.1 Å². The molecular formula is C27H26F6N2O. The highest BCUT2D eigenvalue weighted by Gasteiger charge is 2.30. The van der Waals surface area contributed by atoms with Gasteiger partial charge in [-0.1, -0.05) is 43.7 Å². The fourth-order valence-corrected chi connectivity index (χ4v) is 3.45. The molecule has 3 nitrogen and oxygen atoms in total. The number of aliphatic hydroxyl groups excluding tert-OH is 1. The molecule has 1 atom stereocenters. The van der Waals surface area contributed by atoms with Gasteiger partial charge in [-0.05, 0) is 66.6 Å². The number of aliphatic hydroxyl groups is 1. The Kier molecular flexibility index (Phi) is 8.92. The summed E-state index contributed by atoms with van der Waals surface area (Å²) in [5, 5.41) is 13.8. The number of unbranched alkanes of at least 4 members (excludes halogenated alkanes) is 1. The van der Waals surface area contributed by atoms with Crippen molar-refractivity contribution in [1.82, 2.24) is 10.3 Å². The summed E-state index contributed by atoms with van der Waals surface area (Å²) in [6.07, 6.45) is -4.70. The third-order valence-corrected chi connectivity index (χ3v) is 5.49. The molecule has 0 spiro atoms. The van der Waals surface area contributed by atoms with Gasteiger partial charge >= 0.3 is 12.4 Å². The van der Waals surface area contributed by atoms with E-state index in [1.165, 1.54) is 24.3 Å². The zero-order valence-electron chi connectivity index (χ0n) is 19.5. The molecule has 9 heteroatoms. The van der Waals surface area contributed by atoms with Gasteiger partial charge in [0.25, 0.3) is 0 Å². The first-order valence-corrected chi connectivity index (χ1v) is 11.4. The van der Waals surface area contributed by atoms with E-state index in [1.807, 2.05) is 6.92 Å². The number of pyridine rings is 1. The van der Waals surface area contributed by atoms with Gasteiger partial charge in [0, 0.05) is 12.1 Å². The van der Waals surface area contributed by atoms with E-state index in [-0.39, 0.29) is 6.54 Å². The third kappa shape index (κ3) is 7.66. The van der Waals surface area contributed by atoms with Crippen molar-refractivity contribution < 1.29 is 31.4 Å². The third-order valence-electron chi connectivity index (χ3n) is 5.49. The highest BCUT2D eigenvalue weighted by molar-refractivity contribution is 5.70. The number of nitrogens with one attached hydrogen (secondary N) is 1. The van der Waals surface area contributed by atoms with Crippen LogP contribution in [0.15, 0.2) is 60.7 Å². The summed E-state index contributed by atoms with van der Waals surface area (Å²) in [5.41, 5.74) is 0.660. The van der Waals surface area contributed by atoms with Gasteiger partial charge in [-0.2, -0.15) is 26.3 Å². The standard InChI is InChI=1S/C27H26F6N2O/c1-2-3-14-34-17-25(36)20-15-23(13-6-18-4-9-21(10-5-18)26(28,29)30)35-24(16-20)19-7-11-22(12-8-19)27(31,32)33/h4-13,15-16,25,34,36H,2-3,14,17H2,1H3/b13-6+. The fourth-order valence-electron chi connectivity index (χ4n) is 3.45. The molecule has 0 bridgehead atoms. The van der Waals surface area contributed by atoms with E-state index in [0.717, 1.165) is 43.7 Å². The molecule has 0 aliphatic heterocycles. The summed E-state index contributed by atoms with van der Waals surface area (Å²) in [6, 6.07) is 12.4. The van der Waals surface area contributed by atoms with Crippen LogP contribution < -0.4 is 5.32 Å². The topological polar surface area (TPSA) is 45.1 Å². The van der Waals surface area contributed by atoms with Gasteiger partial charge in [-0.15, -0.1) is 0 Å². The number of alkyl halides is 6. The van der Waals surface area contributed by atoms with Gasteiger partial charge in [0.1, 0.15) is 0 Å². The average molecular weight is 509 g/mol. The second-order valence-electron chi connectivity index (χ2n) is 8.31. The fraction of sp³-hybridized carbons (Fsp3) is 0.296. The lowest BCUT2D eigenvalue weighted by atomic mass is 10.0. The predicted molar refractivity (Wildman–Crippen MR) is 128 cm³/mol. The quantitative estimate of drug-likeness (QED) is 0.234. The Morgan fingerprint density at radius 1 is 0.861 bits per heavy atom. The molecule has 2 aromatic carbocycles. The second kappa shape index (κ2) is 11.7. The van der Waals surface area contributed by atoms with Crippen molar-refractivity contribution in [3.05, 3.63) is 88.6 Å². The first-order chi connectivity index (χ1) is 17.0. The lowest BCUT2D eigenvalue weighted by molar-refractivity contribution is -0.138. The number of nitrogens with zero attached hydrogens (tertiary/aromatic N) is 1. The number of benzene rings is 2. The van der Waals surface area contributed by atoms with Crippen molar-refractivity contribution in [2.24, 2.45) is 0 Å². The highest BCUT2D eigenvalue weighted by atomic mass is 19.4. The van der Waals surface area contributed by atoms with Crippen LogP contribution in [0.4, 0.5) is 26.3 Å². The maximum absolute atomic E-state index is 13.0. The van der Waals surface area contributed by atoms with E-state index in [2.05, 4.69) is 10.3 Å². The van der Waals surface area contributed by atoms with Crippen LogP contribution in [0.5, 0.6) is 0 Å². The SMILES string of the molecule is CCCCNCC(O)c1cc(/C=C/c2ccc(C(F)(F)F)cc2)nc(-c2ccc(C(F)(F)F)cc2)c1. The molecular weight excluding hydrogens is 482 g/mol. The summed E-state index contributed by atoms with van der Waals surface area (Å²) in [6.45, 7) is 3.05. The van der Waals surface area contributed by atoms with E-state index >= 15 is 0 Å². The van der Waals surface area contributed by atoms with Crippen LogP contribution in [0.3, 0.4) is 0 Å². The molecule has 0 aliphatic carbocycles. The Morgan fingerprint density at radius 2 is 1.44 bits per heavy atom. The second-order valence-corrected chi connectivity index (χ2v) is 8.31. The van der Waals surface area contributed by atoms with Crippen molar-refractivity contribution in [1.29, 1.82) is 0 Å². The van der Waals surface area contributed by atoms with Crippen LogP contribution in [0.25, 0.3) is 23.4 Å². The van der Waals surface area contributed by atoms with Gasteiger partial charge in [0.2, 0.25) is 0 Å². The average Bonchev–Trinajstić information content (AvgIpc) is 2.84. The molecule has 1 heterocycles. The van der Waals surface area contributed by atoms with Crippen LogP contribution in [0.1, 0.15) is 53.8 Å². The Morgan fingerprint density at radius 3 is 2.00 bits per heavy atom. The van der Waals surface area contributed by atoms with Crippen LogP contribution in [0.2, 0.25) is 0 Å². The van der Waals surface area contributed by atoms with E-state index in [4.69, 9.17) is 0 Å². The summed E-state index contributed by atoms with van der Waals surface area (Å²) in [7, 11) is 0. The maximum Gasteiger partial charge on any atom is 0.416 e. The number of rotatable bonds is 9. The van der Waals surface area contributed by atoms with E-state index in [9.17, 15) is 31.4 Å². The molecule has 1 unspecified atom stereocenters. The molecule has 192 valence electrons. The molecule has 2 N–H and O–H groups in total. The van der Waals surface area contributed by atoms with Crippen molar-refractivity contribution >= 4 is 12.2 Å². The van der Waals surface area contributed by atoms with E-state index in [1.54, 1.807) is 24.3 Å². The summed E-state index contributed by atoms with van der Waals surface area (Å²) in [5.74, 6) is 0. The minimum absolute atomic E-state index is 0.276. The Labute approximate surface area is 205 Å². The lowest BCUT2D eigenvalue weighted by Crippen LogP contribution is -2.22. The van der Waals surface area contributed by atoms with Gasteiger partial charge in [-0.25, -0.2) is 4.98 Å². The number of hydrogen-bond acceptors (Lipinski definition) is 3. The molecule has 0 saturated carbocycles. The zero-order valence-corrected chi connectivity index (χ0v) is 19.5. The first-order valence-electron chi connectivity index (χ1n) is 11.4. The summed E-state index contributed by atoms with van der Waals surface area (Å²) >= 11 is 0. The molecule has 0 amide bonds. The Hall–Kier alpha value is -3.17. The molecule has 0 aliphatic rings. The van der Waals surface area contributed by atoms with Crippen LogP contribution >= 0.6 is 0 Å². The molecule has 0 saturated heterocycles. The predicted octanol–water partition coefficient (Wildman–Crippen LogP) is 7.38. The number of hydrogen-bond donors (Lipinski definition) is 2. The normalized spacial score (nSPS) is 13.3. The number of aromatic nitrogens is 1. The van der Waals surface area contributed by atoms with Crippen LogP contribution in [0, 0.1) is 0 Å². The Bertz CT molecular complexity index is 1150. The van der Waals surface area contributed by atoms with Crippen LogP contribution in [-0.2, 0) is 12.4 Å². The van der Waals surface area contributed by atoms with Gasteiger partial charge < -0.3 is 10.4 Å². The van der Waals surface area contributed by atoms with Crippen LogP contribution in [-0.4, -0.2) is 23.2 Å². The molecule has 0 radical (unpaired) electrons. The molecule has 0 fully saturated rings. The molecule has 3 aromatic rings. The zero-order chi connectivity index (χ0) is 26.3. The maximum atomic E-state index is 13.0. The van der Waals surface area contributed by atoms with Gasteiger partial charge in [0.05, 0.1) is 28.6 Å². The Balaban J connectivity index is 1.91. The van der Waals surface area contributed by atoms with E-state index in [0.29, 0.717) is 28.1 Å². The smallest absolute Gasteiger partial charge is 0.387 e. The minimum atomic E-state index is -4.47. The largest absolute Gasteiger partial charge is 0.416 e. The van der Waals surface area contributed by atoms with Crippen molar-refractivity contribution in [3.63, 3.8) is 0 Å². The molecule has 1 aromatic heterocycles. The molecule has 36 heavy (non-hydrogen) atoms. The lowest BCUT2D eigenvalue weighted by Gasteiger charge is -2.15. The van der Waals surface area contributed by atoms with Crippen molar-refractivity contribution in [3.8, 4) is 11.3 Å². The summed E-state index contributed by atoms with van der Waals surface area (Å²) < 4.78 is 77.3. The van der Waals surface area contributed by atoms with Gasteiger partial charge in [0.15, 0.2) is 0 Å². The summed E-state index contributed by atoms with van der Waals surface area (Å²) in [4.78, 5) is 4.48. The van der Waals surface area contributed by atoms with Gasteiger partial charge in [-0.3, -0.25) is 0 Å². The highest BCUT2D eigenvalue weighted by Crippen LogP contribution is 2.32. The monoisotopic (exact) mass is 508 g/mol. The van der Waals surface area contributed by atoms with Crippen molar-refractivity contribution in [2.45, 2.75) is 38.2 Å². The minimum Gasteiger partial charge on any atom is -0.387 e. The first kappa shape index (κ1) is 27.4.